The highest BCUT2D eigenvalue weighted by molar-refractivity contribution is 5.87. The summed E-state index contributed by atoms with van der Waals surface area (Å²) >= 11 is 0. The number of carbonyl (C=O) groups excluding carboxylic acids is 2. The van der Waals surface area contributed by atoms with Gasteiger partial charge in [-0.2, -0.15) is 0 Å². The zero-order valence-electron chi connectivity index (χ0n) is 19.7. The molecule has 35 heavy (non-hydrogen) atoms. The molecule has 2 aromatic carbocycles. The first-order valence-corrected chi connectivity index (χ1v) is 12.1. The number of amides is 2. The van der Waals surface area contributed by atoms with Crippen molar-refractivity contribution in [2.75, 3.05) is 33.4 Å². The summed E-state index contributed by atoms with van der Waals surface area (Å²) < 4.78 is 10.8. The van der Waals surface area contributed by atoms with Crippen molar-refractivity contribution in [3.8, 4) is 11.1 Å². The van der Waals surface area contributed by atoms with Crippen molar-refractivity contribution >= 4 is 18.0 Å². The first-order chi connectivity index (χ1) is 16.9. The summed E-state index contributed by atoms with van der Waals surface area (Å²) in [6, 6.07) is 15.2. The number of alkyl carbamates (subject to hydrolysis) is 1. The second-order valence-corrected chi connectivity index (χ2v) is 9.80. The fourth-order valence-electron chi connectivity index (χ4n) is 5.96. The van der Waals surface area contributed by atoms with Gasteiger partial charge in [0.25, 0.3) is 0 Å². The zero-order valence-corrected chi connectivity index (χ0v) is 19.7. The number of carboxylic acid groups (broad SMARTS) is 1. The molecule has 2 aliphatic carbocycles. The van der Waals surface area contributed by atoms with Crippen LogP contribution in [0.2, 0.25) is 0 Å². The number of fused-ring (bicyclic) bond motifs is 3. The monoisotopic (exact) mass is 478 g/mol. The second-order valence-electron chi connectivity index (χ2n) is 9.80. The lowest BCUT2D eigenvalue weighted by Crippen LogP contribution is -2.51. The molecule has 184 valence electrons. The molecule has 2 amide bonds. The first-order valence-electron chi connectivity index (χ1n) is 12.1. The van der Waals surface area contributed by atoms with Gasteiger partial charge < -0.3 is 24.8 Å². The van der Waals surface area contributed by atoms with Gasteiger partial charge in [0.2, 0.25) is 5.91 Å². The Morgan fingerprint density at radius 1 is 1.09 bits per heavy atom. The molecule has 3 aliphatic rings. The average Bonchev–Trinajstić information content (AvgIpc) is 3.40. The number of carboxylic acids is 1. The van der Waals surface area contributed by atoms with Gasteiger partial charge in [-0.15, -0.1) is 0 Å². The van der Waals surface area contributed by atoms with E-state index in [0.29, 0.717) is 6.54 Å². The van der Waals surface area contributed by atoms with Gasteiger partial charge in [0.1, 0.15) is 12.6 Å². The minimum atomic E-state index is -0.944. The molecule has 1 aliphatic heterocycles. The Morgan fingerprint density at radius 3 is 2.23 bits per heavy atom. The highest BCUT2D eigenvalue weighted by Gasteiger charge is 2.55. The second kappa shape index (κ2) is 9.34. The van der Waals surface area contributed by atoms with E-state index < -0.39 is 24.0 Å². The van der Waals surface area contributed by atoms with Gasteiger partial charge in [-0.3, -0.25) is 9.59 Å². The van der Waals surface area contributed by atoms with Crippen molar-refractivity contribution in [1.29, 1.82) is 0 Å². The number of aliphatic carboxylic acids is 1. The average molecular weight is 479 g/mol. The summed E-state index contributed by atoms with van der Waals surface area (Å²) in [5.74, 6) is -1.86. The van der Waals surface area contributed by atoms with Crippen molar-refractivity contribution in [3.63, 3.8) is 0 Å². The van der Waals surface area contributed by atoms with E-state index >= 15 is 0 Å². The predicted molar refractivity (Wildman–Crippen MR) is 128 cm³/mol. The van der Waals surface area contributed by atoms with Crippen molar-refractivity contribution in [1.82, 2.24) is 10.2 Å². The van der Waals surface area contributed by atoms with Crippen LogP contribution in [0.4, 0.5) is 4.79 Å². The maximum atomic E-state index is 13.2. The molecule has 0 radical (unpaired) electrons. The topological polar surface area (TPSA) is 105 Å². The van der Waals surface area contributed by atoms with Crippen LogP contribution in [0.15, 0.2) is 48.5 Å². The fraction of sp³-hybridized carbons (Fsp3) is 0.444. The lowest BCUT2D eigenvalue weighted by Gasteiger charge is -2.41. The number of hydrogen-bond donors (Lipinski definition) is 2. The normalized spacial score (nSPS) is 20.6. The van der Waals surface area contributed by atoms with Crippen LogP contribution in [-0.2, 0) is 19.1 Å². The van der Waals surface area contributed by atoms with E-state index in [1.165, 1.54) is 7.11 Å². The molecule has 1 spiro atoms. The van der Waals surface area contributed by atoms with Crippen molar-refractivity contribution in [2.24, 2.45) is 11.3 Å². The lowest BCUT2D eigenvalue weighted by molar-refractivity contribution is -0.146. The summed E-state index contributed by atoms with van der Waals surface area (Å²) in [5, 5.41) is 12.3. The molecular formula is C27H30N2O6. The Labute approximate surface area is 204 Å². The minimum Gasteiger partial charge on any atom is -0.481 e. The molecule has 2 atom stereocenters. The molecule has 0 bridgehead atoms. The Bertz CT molecular complexity index is 1100. The first kappa shape index (κ1) is 23.4. The molecule has 5 rings (SSSR count). The molecular weight excluding hydrogens is 448 g/mol. The third-order valence-corrected chi connectivity index (χ3v) is 7.87. The number of carbonyl (C=O) groups is 3. The van der Waals surface area contributed by atoms with E-state index in [9.17, 15) is 19.5 Å². The van der Waals surface area contributed by atoms with Crippen molar-refractivity contribution in [2.45, 2.75) is 31.2 Å². The highest BCUT2D eigenvalue weighted by atomic mass is 16.5. The standard InChI is InChI=1S/C27H30N2O6/c1-34-15-23(24(30)29-13-22(25(31)32)27(16-29)11-6-12-27)28-26(33)35-14-21-19-9-4-2-7-17(19)18-8-3-5-10-20(18)21/h2-5,7-10,21-23H,6,11-16H2,1H3,(H,28,33)(H,31,32)/t22?,23-/m0/s1. The van der Waals surface area contributed by atoms with Crippen LogP contribution in [0.25, 0.3) is 11.1 Å². The van der Waals surface area contributed by atoms with Gasteiger partial charge in [-0.05, 0) is 35.1 Å². The minimum absolute atomic E-state index is 0.0235. The molecule has 1 heterocycles. The van der Waals surface area contributed by atoms with Crippen LogP contribution in [0.1, 0.15) is 36.3 Å². The Balaban J connectivity index is 1.24. The number of nitrogens with zero attached hydrogens (tertiary/aromatic N) is 1. The molecule has 1 saturated heterocycles. The number of rotatable bonds is 7. The Hall–Kier alpha value is -3.39. The van der Waals surface area contributed by atoms with Crippen LogP contribution >= 0.6 is 0 Å². The van der Waals surface area contributed by atoms with E-state index in [-0.39, 0.29) is 37.0 Å². The van der Waals surface area contributed by atoms with Gasteiger partial charge >= 0.3 is 12.1 Å². The molecule has 0 aromatic heterocycles. The van der Waals surface area contributed by atoms with Gasteiger partial charge in [0.05, 0.1) is 12.5 Å². The van der Waals surface area contributed by atoms with Crippen LogP contribution in [0.5, 0.6) is 0 Å². The number of benzene rings is 2. The summed E-state index contributed by atoms with van der Waals surface area (Å²) in [6.45, 7) is 0.669. The maximum absolute atomic E-state index is 13.2. The van der Waals surface area contributed by atoms with E-state index in [4.69, 9.17) is 9.47 Å². The summed E-state index contributed by atoms with van der Waals surface area (Å²) in [6.07, 6.45) is 1.89. The van der Waals surface area contributed by atoms with Gasteiger partial charge in [0.15, 0.2) is 0 Å². The van der Waals surface area contributed by atoms with Crippen LogP contribution in [-0.4, -0.2) is 67.4 Å². The summed E-state index contributed by atoms with van der Waals surface area (Å²) in [4.78, 5) is 39.3. The lowest BCUT2D eigenvalue weighted by atomic mass is 9.63. The number of likely N-dealkylation sites (tertiary alicyclic amines) is 1. The van der Waals surface area contributed by atoms with E-state index in [1.54, 1.807) is 4.90 Å². The SMILES string of the molecule is COC[C@H](NC(=O)OCC1c2ccccc2-c2ccccc21)C(=O)N1CC(C(=O)O)C2(CCC2)C1. The van der Waals surface area contributed by atoms with E-state index in [1.807, 2.05) is 36.4 Å². The molecule has 2 N–H and O–H groups in total. The molecule has 8 heteroatoms. The van der Waals surface area contributed by atoms with Gasteiger partial charge in [0, 0.05) is 31.5 Å². The van der Waals surface area contributed by atoms with Crippen LogP contribution in [0.3, 0.4) is 0 Å². The van der Waals surface area contributed by atoms with Gasteiger partial charge in [-0.1, -0.05) is 55.0 Å². The largest absolute Gasteiger partial charge is 0.481 e. The molecule has 8 nitrogen and oxygen atoms in total. The Morgan fingerprint density at radius 2 is 1.71 bits per heavy atom. The number of nitrogens with one attached hydrogen (secondary N) is 1. The molecule has 1 saturated carbocycles. The van der Waals surface area contributed by atoms with Crippen molar-refractivity contribution in [3.05, 3.63) is 59.7 Å². The smallest absolute Gasteiger partial charge is 0.407 e. The molecule has 1 unspecified atom stereocenters. The number of hydrogen-bond acceptors (Lipinski definition) is 5. The fourth-order valence-corrected chi connectivity index (χ4v) is 5.96. The quantitative estimate of drug-likeness (QED) is 0.633. The molecule has 2 aromatic rings. The van der Waals surface area contributed by atoms with E-state index in [0.717, 1.165) is 41.5 Å². The van der Waals surface area contributed by atoms with Crippen molar-refractivity contribution < 1.29 is 29.0 Å². The zero-order chi connectivity index (χ0) is 24.6. The van der Waals surface area contributed by atoms with Gasteiger partial charge in [-0.25, -0.2) is 4.79 Å². The van der Waals surface area contributed by atoms with E-state index in [2.05, 4.69) is 17.4 Å². The summed E-state index contributed by atoms with van der Waals surface area (Å²) in [7, 11) is 1.46. The molecule has 2 fully saturated rings. The third-order valence-electron chi connectivity index (χ3n) is 7.87. The van der Waals surface area contributed by atoms with Crippen LogP contribution in [0, 0.1) is 11.3 Å². The summed E-state index contributed by atoms with van der Waals surface area (Å²) in [5.41, 5.74) is 4.14. The number of ether oxygens (including phenoxy) is 2. The predicted octanol–water partition coefficient (Wildman–Crippen LogP) is 3.25. The highest BCUT2D eigenvalue weighted by Crippen LogP contribution is 2.51. The third kappa shape index (κ3) is 4.16. The Kier molecular flexibility index (Phi) is 6.23. The number of methoxy groups -OCH3 is 1. The maximum Gasteiger partial charge on any atom is 0.407 e. The van der Waals surface area contributed by atoms with Crippen LogP contribution < -0.4 is 5.32 Å².